The van der Waals surface area contributed by atoms with Crippen molar-refractivity contribution in [3.05, 3.63) is 12.7 Å². The van der Waals surface area contributed by atoms with Gasteiger partial charge in [-0.3, -0.25) is 0 Å². The molecule has 0 aliphatic rings. The Morgan fingerprint density at radius 3 is 1.91 bits per heavy atom. The molecule has 0 N–H and O–H groups in total. The molecule has 64 valence electrons. The van der Waals surface area contributed by atoms with Gasteiger partial charge in [-0.15, -0.1) is 6.58 Å². The molecule has 0 bridgehead atoms. The van der Waals surface area contributed by atoms with Crippen LogP contribution in [-0.4, -0.2) is 9.52 Å². The molecule has 11 heavy (non-hydrogen) atoms. The van der Waals surface area contributed by atoms with Crippen LogP contribution in [0.5, 0.6) is 0 Å². The van der Waals surface area contributed by atoms with Gasteiger partial charge < -0.3 is 0 Å². The number of hydrogen-bond donors (Lipinski definition) is 0. The molecule has 0 amide bonds. The molecule has 0 atom stereocenters. The van der Waals surface area contributed by atoms with Crippen LogP contribution >= 0.6 is 0 Å². The molecular formula is C10H20Si. The molecule has 0 saturated heterocycles. The fraction of sp³-hybridized carbons (Fsp3) is 0.800. The van der Waals surface area contributed by atoms with Crippen molar-refractivity contribution in [1.82, 2.24) is 0 Å². The molecule has 0 fully saturated rings. The van der Waals surface area contributed by atoms with Crippen molar-refractivity contribution in [3.8, 4) is 0 Å². The summed E-state index contributed by atoms with van der Waals surface area (Å²) >= 11 is 0. The summed E-state index contributed by atoms with van der Waals surface area (Å²) in [5.41, 5.74) is 0.896. The van der Waals surface area contributed by atoms with E-state index in [9.17, 15) is 0 Å². The van der Waals surface area contributed by atoms with Crippen molar-refractivity contribution in [1.29, 1.82) is 0 Å². The fourth-order valence-electron chi connectivity index (χ4n) is 1.46. The van der Waals surface area contributed by atoms with Crippen molar-refractivity contribution < 1.29 is 0 Å². The van der Waals surface area contributed by atoms with Crippen molar-refractivity contribution in [2.45, 2.75) is 39.3 Å². The first-order chi connectivity index (χ1) is 5.09. The first kappa shape index (κ1) is 11.0. The monoisotopic (exact) mass is 168 g/mol. The van der Waals surface area contributed by atoms with Gasteiger partial charge in [-0.1, -0.05) is 33.8 Å². The first-order valence-electron chi connectivity index (χ1n) is 4.43. The Morgan fingerprint density at radius 2 is 1.64 bits per heavy atom. The summed E-state index contributed by atoms with van der Waals surface area (Å²) in [7, 11) is 1.07. The van der Waals surface area contributed by atoms with E-state index in [2.05, 4.69) is 34.3 Å². The number of hydrogen-bond acceptors (Lipinski definition) is 0. The van der Waals surface area contributed by atoms with Crippen LogP contribution in [0.3, 0.4) is 0 Å². The van der Waals surface area contributed by atoms with E-state index in [4.69, 9.17) is 0 Å². The maximum Gasteiger partial charge on any atom is 0.0460 e. The van der Waals surface area contributed by atoms with E-state index in [1.807, 2.05) is 6.08 Å². The SMILES string of the molecule is C=CC[Si]C(C(C)C)C(C)C. The van der Waals surface area contributed by atoms with Crippen LogP contribution in [0, 0.1) is 11.8 Å². The molecule has 0 saturated carbocycles. The molecule has 0 heterocycles. The van der Waals surface area contributed by atoms with Crippen LogP contribution in [0.4, 0.5) is 0 Å². The Bertz CT molecular complexity index is 97.4. The van der Waals surface area contributed by atoms with E-state index in [-0.39, 0.29) is 0 Å². The van der Waals surface area contributed by atoms with Crippen molar-refractivity contribution in [3.63, 3.8) is 0 Å². The molecule has 0 rings (SSSR count). The van der Waals surface area contributed by atoms with Crippen LogP contribution < -0.4 is 0 Å². The van der Waals surface area contributed by atoms with Gasteiger partial charge in [-0.2, -0.15) is 0 Å². The first-order valence-corrected chi connectivity index (χ1v) is 5.72. The smallest absolute Gasteiger partial charge is 0.0460 e. The standard InChI is InChI=1S/C10H20Si/c1-6-7-11-10(8(2)3)9(4)5/h6,8-10H,1,7H2,2-5H3. The van der Waals surface area contributed by atoms with Crippen molar-refractivity contribution >= 4 is 9.52 Å². The van der Waals surface area contributed by atoms with Gasteiger partial charge in [-0.05, 0) is 23.4 Å². The minimum Gasteiger partial charge on any atom is -0.103 e. The topological polar surface area (TPSA) is 0 Å². The van der Waals surface area contributed by atoms with Gasteiger partial charge >= 0.3 is 0 Å². The molecule has 0 aromatic carbocycles. The largest absolute Gasteiger partial charge is 0.103 e. The second kappa shape index (κ2) is 5.59. The second-order valence-electron chi connectivity index (χ2n) is 3.71. The highest BCUT2D eigenvalue weighted by Gasteiger charge is 2.16. The summed E-state index contributed by atoms with van der Waals surface area (Å²) in [5.74, 6) is 1.65. The lowest BCUT2D eigenvalue weighted by Crippen LogP contribution is -2.15. The van der Waals surface area contributed by atoms with Crippen molar-refractivity contribution in [2.75, 3.05) is 0 Å². The summed E-state index contributed by atoms with van der Waals surface area (Å²) in [5, 5.41) is 0. The fourth-order valence-corrected chi connectivity index (χ4v) is 2.84. The van der Waals surface area contributed by atoms with Crippen molar-refractivity contribution in [2.24, 2.45) is 11.8 Å². The molecular weight excluding hydrogens is 148 g/mol. The lowest BCUT2D eigenvalue weighted by atomic mass is 10.00. The Kier molecular flexibility index (Phi) is 5.57. The van der Waals surface area contributed by atoms with Gasteiger partial charge in [0.05, 0.1) is 0 Å². The molecule has 0 spiro atoms. The molecule has 0 aromatic heterocycles. The quantitative estimate of drug-likeness (QED) is 0.436. The highest BCUT2D eigenvalue weighted by Crippen LogP contribution is 2.26. The second-order valence-corrected chi connectivity index (χ2v) is 5.19. The van der Waals surface area contributed by atoms with E-state index >= 15 is 0 Å². The van der Waals surface area contributed by atoms with Gasteiger partial charge in [0.1, 0.15) is 0 Å². The Balaban J connectivity index is 3.79. The maximum atomic E-state index is 3.76. The highest BCUT2D eigenvalue weighted by atomic mass is 28.2. The lowest BCUT2D eigenvalue weighted by molar-refractivity contribution is 0.464. The van der Waals surface area contributed by atoms with Gasteiger partial charge in [-0.25, -0.2) is 0 Å². The molecule has 2 radical (unpaired) electrons. The normalized spacial score (nSPS) is 11.5. The van der Waals surface area contributed by atoms with Crippen LogP contribution in [0.1, 0.15) is 27.7 Å². The summed E-state index contributed by atoms with van der Waals surface area (Å²) in [6, 6.07) is 1.20. The van der Waals surface area contributed by atoms with E-state index in [1.54, 1.807) is 0 Å². The van der Waals surface area contributed by atoms with Crippen LogP contribution in [0.2, 0.25) is 11.6 Å². The van der Waals surface area contributed by atoms with Crippen LogP contribution in [0.15, 0.2) is 12.7 Å². The van der Waals surface area contributed by atoms with Gasteiger partial charge in [0.25, 0.3) is 0 Å². The third-order valence-corrected chi connectivity index (χ3v) is 4.26. The number of allylic oxidation sites excluding steroid dienone is 1. The average molecular weight is 168 g/mol. The Labute approximate surface area is 73.9 Å². The molecule has 0 aliphatic heterocycles. The van der Waals surface area contributed by atoms with E-state index in [0.29, 0.717) is 0 Å². The Hall–Kier alpha value is -0.0431. The molecule has 1 heteroatoms. The summed E-state index contributed by atoms with van der Waals surface area (Å²) < 4.78 is 0. The molecule has 0 nitrogen and oxygen atoms in total. The lowest BCUT2D eigenvalue weighted by Gasteiger charge is -2.23. The summed E-state index contributed by atoms with van der Waals surface area (Å²) in [6.45, 7) is 13.0. The zero-order chi connectivity index (χ0) is 8.85. The Morgan fingerprint density at radius 1 is 1.18 bits per heavy atom. The third-order valence-electron chi connectivity index (χ3n) is 1.93. The van der Waals surface area contributed by atoms with Gasteiger partial charge in [0.15, 0.2) is 0 Å². The third kappa shape index (κ3) is 4.41. The predicted molar refractivity (Wildman–Crippen MR) is 54.2 cm³/mol. The predicted octanol–water partition coefficient (Wildman–Crippen LogP) is 3.40. The minimum absolute atomic E-state index is 0.827. The molecule has 0 unspecified atom stereocenters. The summed E-state index contributed by atoms with van der Waals surface area (Å²) in [4.78, 5) is 0. The van der Waals surface area contributed by atoms with E-state index < -0.39 is 0 Å². The van der Waals surface area contributed by atoms with Gasteiger partial charge in [0, 0.05) is 9.52 Å². The van der Waals surface area contributed by atoms with Crippen LogP contribution in [0.25, 0.3) is 0 Å². The average Bonchev–Trinajstić information content (AvgIpc) is 1.87. The minimum atomic E-state index is 0.827. The van der Waals surface area contributed by atoms with Crippen LogP contribution in [-0.2, 0) is 0 Å². The van der Waals surface area contributed by atoms with Gasteiger partial charge in [0.2, 0.25) is 0 Å². The highest BCUT2D eigenvalue weighted by molar-refractivity contribution is 6.38. The van der Waals surface area contributed by atoms with E-state index in [0.717, 1.165) is 26.9 Å². The zero-order valence-corrected chi connectivity index (χ0v) is 9.22. The zero-order valence-electron chi connectivity index (χ0n) is 8.22. The summed E-state index contributed by atoms with van der Waals surface area (Å²) in [6.07, 6.45) is 2.04. The maximum absolute atomic E-state index is 3.76. The van der Waals surface area contributed by atoms with E-state index in [1.165, 1.54) is 6.04 Å². The molecule has 0 aromatic rings. The number of rotatable bonds is 5. The molecule has 0 aliphatic carbocycles.